The first-order valence-electron chi connectivity index (χ1n) is 8.49. The van der Waals surface area contributed by atoms with Gasteiger partial charge in [-0.05, 0) is 64.8 Å². The number of unbranched alkanes of at least 4 members (excludes halogenated alkanes) is 1. The highest BCUT2D eigenvalue weighted by Gasteiger charge is 2.12. The van der Waals surface area contributed by atoms with Crippen molar-refractivity contribution < 1.29 is 14.3 Å². The number of aromatic nitrogens is 1. The van der Waals surface area contributed by atoms with Crippen molar-refractivity contribution in [1.29, 1.82) is 0 Å². The minimum Gasteiger partial charge on any atom is -0.494 e. The molecule has 1 N–H and O–H groups in total. The number of ether oxygens (including phenoxy) is 1. The van der Waals surface area contributed by atoms with Gasteiger partial charge in [-0.25, -0.2) is 4.98 Å². The van der Waals surface area contributed by atoms with Crippen LogP contribution in [0.4, 0.5) is 5.69 Å². The number of oxazole rings is 1. The molecule has 0 saturated carbocycles. The zero-order valence-corrected chi connectivity index (χ0v) is 17.8. The summed E-state index contributed by atoms with van der Waals surface area (Å²) >= 11 is 6.85. The highest BCUT2D eigenvalue weighted by Crippen LogP contribution is 2.30. The largest absolute Gasteiger partial charge is 0.494 e. The third kappa shape index (κ3) is 5.20. The Hall–Kier alpha value is -2.12. The number of hydrogen-bond acceptors (Lipinski definition) is 5. The lowest BCUT2D eigenvalue weighted by Crippen LogP contribution is -1.95. The molecule has 1 aromatic heterocycles. The maximum atomic E-state index is 10.0. The Bertz CT molecular complexity index is 937. The van der Waals surface area contributed by atoms with Crippen LogP contribution in [0, 0.1) is 0 Å². The standard InChI is InChI=1S/C20H18Br2N2O3/c1-2-3-10-26-15-7-4-13(5-8-15)19-24-18(20(25)27-19)12-23-17-9-6-14(21)11-16(17)22/h4-9,11-12,25H,2-3,10H2,1H3. The van der Waals surface area contributed by atoms with E-state index in [4.69, 9.17) is 9.15 Å². The fourth-order valence-corrected chi connectivity index (χ4v) is 3.43. The summed E-state index contributed by atoms with van der Waals surface area (Å²) in [5.74, 6) is 0.846. The van der Waals surface area contributed by atoms with Gasteiger partial charge < -0.3 is 14.3 Å². The summed E-state index contributed by atoms with van der Waals surface area (Å²) in [6.07, 6.45) is 3.58. The number of halogens is 2. The molecule has 3 aromatic rings. The molecule has 27 heavy (non-hydrogen) atoms. The highest BCUT2D eigenvalue weighted by molar-refractivity contribution is 9.11. The van der Waals surface area contributed by atoms with Crippen LogP contribution in [0.3, 0.4) is 0 Å². The molecule has 0 atom stereocenters. The van der Waals surface area contributed by atoms with Crippen LogP contribution in [0.1, 0.15) is 25.5 Å². The van der Waals surface area contributed by atoms with E-state index in [-0.39, 0.29) is 11.6 Å². The molecule has 0 aliphatic heterocycles. The molecule has 1 heterocycles. The molecule has 140 valence electrons. The van der Waals surface area contributed by atoms with Crippen molar-refractivity contribution in [3.8, 4) is 23.1 Å². The molecule has 0 bridgehead atoms. The Morgan fingerprint density at radius 2 is 1.96 bits per heavy atom. The summed E-state index contributed by atoms with van der Waals surface area (Å²) in [6.45, 7) is 2.82. The van der Waals surface area contributed by atoms with Gasteiger partial charge in [0, 0.05) is 14.5 Å². The third-order valence-corrected chi connectivity index (χ3v) is 4.87. The fraction of sp³-hybridized carbons (Fsp3) is 0.200. The molecule has 0 fully saturated rings. The number of rotatable bonds is 7. The third-order valence-electron chi connectivity index (χ3n) is 3.74. The van der Waals surface area contributed by atoms with Crippen molar-refractivity contribution in [1.82, 2.24) is 4.98 Å². The van der Waals surface area contributed by atoms with E-state index in [0.717, 1.165) is 38.8 Å². The van der Waals surface area contributed by atoms with Gasteiger partial charge in [-0.15, -0.1) is 0 Å². The Morgan fingerprint density at radius 3 is 2.67 bits per heavy atom. The molecule has 0 unspecified atom stereocenters. The zero-order chi connectivity index (χ0) is 19.2. The van der Waals surface area contributed by atoms with E-state index in [1.165, 1.54) is 6.21 Å². The van der Waals surface area contributed by atoms with Crippen molar-refractivity contribution in [2.75, 3.05) is 6.61 Å². The number of hydrogen-bond donors (Lipinski definition) is 1. The average Bonchev–Trinajstić information content (AvgIpc) is 3.02. The first-order valence-corrected chi connectivity index (χ1v) is 10.1. The molecular weight excluding hydrogens is 476 g/mol. The second kappa shape index (κ2) is 9.19. The van der Waals surface area contributed by atoms with Gasteiger partial charge in [-0.3, -0.25) is 4.99 Å². The van der Waals surface area contributed by atoms with Crippen LogP contribution in [-0.4, -0.2) is 22.9 Å². The Kier molecular flexibility index (Phi) is 6.68. The van der Waals surface area contributed by atoms with E-state index in [0.29, 0.717) is 12.5 Å². The van der Waals surface area contributed by atoms with E-state index in [1.807, 2.05) is 42.5 Å². The van der Waals surface area contributed by atoms with Crippen LogP contribution in [-0.2, 0) is 0 Å². The van der Waals surface area contributed by atoms with Gasteiger partial charge in [0.25, 0.3) is 0 Å². The van der Waals surface area contributed by atoms with Crippen LogP contribution >= 0.6 is 31.9 Å². The Labute approximate surface area is 174 Å². The molecule has 0 saturated heterocycles. The Morgan fingerprint density at radius 1 is 1.19 bits per heavy atom. The van der Waals surface area contributed by atoms with Crippen LogP contribution in [0.25, 0.3) is 11.5 Å². The molecule has 0 aliphatic carbocycles. The highest BCUT2D eigenvalue weighted by atomic mass is 79.9. The number of benzene rings is 2. The predicted molar refractivity (Wildman–Crippen MR) is 113 cm³/mol. The van der Waals surface area contributed by atoms with Gasteiger partial charge in [-0.1, -0.05) is 29.3 Å². The van der Waals surface area contributed by atoms with Crippen molar-refractivity contribution in [3.05, 3.63) is 57.1 Å². The summed E-state index contributed by atoms with van der Waals surface area (Å²) in [5.41, 5.74) is 1.73. The Balaban J connectivity index is 1.75. The van der Waals surface area contributed by atoms with Crippen LogP contribution in [0.2, 0.25) is 0 Å². The maximum absolute atomic E-state index is 10.0. The summed E-state index contributed by atoms with van der Waals surface area (Å²) < 4.78 is 12.8. The van der Waals surface area contributed by atoms with E-state index in [1.54, 1.807) is 0 Å². The van der Waals surface area contributed by atoms with Gasteiger partial charge in [-0.2, -0.15) is 0 Å². The number of aliphatic imine (C=N–C) groups is 1. The normalized spacial score (nSPS) is 11.2. The SMILES string of the molecule is CCCCOc1ccc(-c2nc(C=Nc3ccc(Br)cc3Br)c(O)o2)cc1. The molecule has 3 rings (SSSR count). The lowest BCUT2D eigenvalue weighted by atomic mass is 10.2. The minimum atomic E-state index is -0.273. The van der Waals surface area contributed by atoms with Crippen molar-refractivity contribution in [2.45, 2.75) is 19.8 Å². The van der Waals surface area contributed by atoms with E-state index in [2.05, 4.69) is 48.8 Å². The van der Waals surface area contributed by atoms with Crippen LogP contribution in [0.5, 0.6) is 11.7 Å². The van der Waals surface area contributed by atoms with Gasteiger partial charge in [0.05, 0.1) is 18.5 Å². The van der Waals surface area contributed by atoms with Gasteiger partial charge in [0.15, 0.2) is 5.69 Å². The molecular formula is C20H18Br2N2O3. The first kappa shape index (κ1) is 19.6. The zero-order valence-electron chi connectivity index (χ0n) is 14.7. The van der Waals surface area contributed by atoms with Crippen molar-refractivity contribution >= 4 is 43.8 Å². The lowest BCUT2D eigenvalue weighted by molar-refractivity contribution is 0.309. The maximum Gasteiger partial charge on any atom is 0.312 e. The van der Waals surface area contributed by atoms with E-state index < -0.39 is 0 Å². The molecule has 0 aliphatic rings. The van der Waals surface area contributed by atoms with Crippen LogP contribution in [0.15, 0.2) is 60.8 Å². The molecule has 7 heteroatoms. The smallest absolute Gasteiger partial charge is 0.312 e. The lowest BCUT2D eigenvalue weighted by Gasteiger charge is -2.05. The molecule has 2 aromatic carbocycles. The predicted octanol–water partition coefficient (Wildman–Crippen LogP) is 6.50. The van der Waals surface area contributed by atoms with Gasteiger partial charge in [0.2, 0.25) is 5.89 Å². The topological polar surface area (TPSA) is 67.9 Å². The second-order valence-electron chi connectivity index (χ2n) is 5.79. The van der Waals surface area contributed by atoms with Crippen LogP contribution < -0.4 is 4.74 Å². The second-order valence-corrected chi connectivity index (χ2v) is 7.56. The summed E-state index contributed by atoms with van der Waals surface area (Å²) in [7, 11) is 0. The quantitative estimate of drug-likeness (QED) is 0.301. The summed E-state index contributed by atoms with van der Waals surface area (Å²) in [4.78, 5) is 8.66. The number of nitrogens with zero attached hydrogens (tertiary/aromatic N) is 2. The van der Waals surface area contributed by atoms with Gasteiger partial charge in [0.1, 0.15) is 5.75 Å². The van der Waals surface area contributed by atoms with Gasteiger partial charge >= 0.3 is 5.95 Å². The molecule has 0 radical (unpaired) electrons. The molecule has 0 amide bonds. The van der Waals surface area contributed by atoms with E-state index >= 15 is 0 Å². The molecule has 5 nitrogen and oxygen atoms in total. The molecule has 0 spiro atoms. The summed E-state index contributed by atoms with van der Waals surface area (Å²) in [6, 6.07) is 13.0. The van der Waals surface area contributed by atoms with E-state index in [9.17, 15) is 5.11 Å². The monoisotopic (exact) mass is 492 g/mol. The first-order chi connectivity index (χ1) is 13.1. The number of aromatic hydroxyl groups is 1. The minimum absolute atomic E-state index is 0.267. The van der Waals surface area contributed by atoms with Crippen molar-refractivity contribution in [2.24, 2.45) is 4.99 Å². The summed E-state index contributed by atoms with van der Waals surface area (Å²) in [5, 5.41) is 10.0. The fourth-order valence-electron chi connectivity index (χ4n) is 2.28. The average molecular weight is 494 g/mol. The van der Waals surface area contributed by atoms with Crippen molar-refractivity contribution in [3.63, 3.8) is 0 Å².